The third kappa shape index (κ3) is 5.89. The average Bonchev–Trinajstić information content (AvgIpc) is 2.61. The number of hydrogen-bond donors (Lipinski definition) is 3. The Morgan fingerprint density at radius 3 is 2.69 bits per heavy atom. The number of benzene rings is 1. The molecule has 26 heavy (non-hydrogen) atoms. The lowest BCUT2D eigenvalue weighted by atomic mass is 10.0. The summed E-state index contributed by atoms with van der Waals surface area (Å²) in [6, 6.07) is 5.68. The van der Waals surface area contributed by atoms with Crippen molar-refractivity contribution < 1.29 is 13.9 Å². The van der Waals surface area contributed by atoms with Crippen molar-refractivity contribution in [1.29, 1.82) is 0 Å². The van der Waals surface area contributed by atoms with E-state index in [9.17, 15) is 13.9 Å². The molecule has 0 fully saturated rings. The minimum absolute atomic E-state index is 0.0167. The van der Waals surface area contributed by atoms with E-state index < -0.39 is 11.6 Å². The average molecular weight is 382 g/mol. The van der Waals surface area contributed by atoms with Gasteiger partial charge >= 0.3 is 0 Å². The molecule has 0 aliphatic carbocycles. The second kappa shape index (κ2) is 9.80. The molecule has 0 saturated carbocycles. The van der Waals surface area contributed by atoms with E-state index in [0.29, 0.717) is 22.6 Å². The summed E-state index contributed by atoms with van der Waals surface area (Å²) in [5.41, 5.74) is 6.58. The van der Waals surface area contributed by atoms with E-state index in [1.807, 2.05) is 0 Å². The summed E-state index contributed by atoms with van der Waals surface area (Å²) >= 11 is 1.20. The zero-order valence-corrected chi connectivity index (χ0v) is 15.7. The molecule has 1 heterocycles. The molecule has 142 valence electrons. The van der Waals surface area contributed by atoms with Crippen LogP contribution in [-0.4, -0.2) is 27.7 Å². The molecule has 0 saturated heterocycles. The van der Waals surface area contributed by atoms with Gasteiger partial charge < -0.3 is 16.2 Å². The first kappa shape index (κ1) is 20.5. The molecule has 2 rings (SSSR count). The summed E-state index contributed by atoms with van der Waals surface area (Å²) in [6.45, 7) is 4.36. The third-order valence-corrected chi connectivity index (χ3v) is 4.58. The standard InChI is InChI=1S/C18H24F2N4OS/c1-11(2)6-14(9-25)22-16-7-13(8-21)23-18(24-16)26-10-12-4-3-5-15(19)17(12)20/h3-5,7,11,14,25H,6,8-10,21H2,1-2H3,(H,22,23,24)/t14-/m1/s1. The van der Waals surface area contributed by atoms with Gasteiger partial charge in [-0.3, -0.25) is 0 Å². The Bertz CT molecular complexity index is 730. The number of thioether (sulfide) groups is 1. The lowest BCUT2D eigenvalue weighted by molar-refractivity contribution is 0.259. The lowest BCUT2D eigenvalue weighted by Crippen LogP contribution is -2.26. The van der Waals surface area contributed by atoms with Crippen molar-refractivity contribution >= 4 is 17.6 Å². The van der Waals surface area contributed by atoms with E-state index in [0.717, 1.165) is 12.5 Å². The van der Waals surface area contributed by atoms with Crippen LogP contribution in [0.5, 0.6) is 0 Å². The van der Waals surface area contributed by atoms with E-state index in [-0.39, 0.29) is 30.5 Å². The normalized spacial score (nSPS) is 12.4. The number of hydrogen-bond acceptors (Lipinski definition) is 6. The summed E-state index contributed by atoms with van der Waals surface area (Å²) in [5.74, 6) is -0.554. The maximum Gasteiger partial charge on any atom is 0.190 e. The van der Waals surface area contributed by atoms with Gasteiger partial charge in [-0.1, -0.05) is 37.7 Å². The number of aliphatic hydroxyl groups is 1. The van der Waals surface area contributed by atoms with Crippen molar-refractivity contribution in [1.82, 2.24) is 9.97 Å². The highest BCUT2D eigenvalue weighted by molar-refractivity contribution is 7.98. The Kier molecular flexibility index (Phi) is 7.74. The van der Waals surface area contributed by atoms with Gasteiger partial charge in [0, 0.05) is 23.9 Å². The zero-order chi connectivity index (χ0) is 19.1. The number of nitrogens with one attached hydrogen (secondary N) is 1. The lowest BCUT2D eigenvalue weighted by Gasteiger charge is -2.19. The maximum atomic E-state index is 13.8. The van der Waals surface area contributed by atoms with E-state index in [1.165, 1.54) is 23.9 Å². The molecule has 0 aliphatic rings. The van der Waals surface area contributed by atoms with Crippen molar-refractivity contribution in [2.45, 2.75) is 43.8 Å². The van der Waals surface area contributed by atoms with Crippen LogP contribution in [0.4, 0.5) is 14.6 Å². The highest BCUT2D eigenvalue weighted by atomic mass is 32.2. The Morgan fingerprint density at radius 1 is 1.27 bits per heavy atom. The fourth-order valence-corrected chi connectivity index (χ4v) is 3.33. The first-order chi connectivity index (χ1) is 12.4. The molecule has 0 radical (unpaired) electrons. The quantitative estimate of drug-likeness (QED) is 0.456. The Labute approximate surface area is 156 Å². The van der Waals surface area contributed by atoms with Gasteiger partial charge in [0.15, 0.2) is 16.8 Å². The molecule has 0 bridgehead atoms. The predicted octanol–water partition coefficient (Wildman–Crippen LogP) is 3.32. The van der Waals surface area contributed by atoms with Gasteiger partial charge in [0.2, 0.25) is 0 Å². The number of aliphatic hydroxyl groups excluding tert-OH is 1. The molecule has 5 nitrogen and oxygen atoms in total. The topological polar surface area (TPSA) is 84.1 Å². The fourth-order valence-electron chi connectivity index (χ4n) is 2.48. The molecule has 1 aromatic heterocycles. The molecule has 4 N–H and O–H groups in total. The number of nitrogens with zero attached hydrogens (tertiary/aromatic N) is 2. The number of anilines is 1. The van der Waals surface area contributed by atoms with Crippen LogP contribution in [-0.2, 0) is 12.3 Å². The minimum Gasteiger partial charge on any atom is -0.394 e. The number of rotatable bonds is 9. The molecule has 0 aliphatic heterocycles. The molecule has 1 aromatic carbocycles. The van der Waals surface area contributed by atoms with E-state index in [2.05, 4.69) is 29.1 Å². The zero-order valence-electron chi connectivity index (χ0n) is 14.9. The molecule has 0 spiro atoms. The molecular formula is C18H24F2N4OS. The molecule has 2 aromatic rings. The van der Waals surface area contributed by atoms with Crippen LogP contribution in [0.2, 0.25) is 0 Å². The highest BCUT2D eigenvalue weighted by Crippen LogP contribution is 2.24. The third-order valence-electron chi connectivity index (χ3n) is 3.68. The monoisotopic (exact) mass is 382 g/mol. The fraction of sp³-hybridized carbons (Fsp3) is 0.444. The van der Waals surface area contributed by atoms with Crippen LogP contribution in [0.3, 0.4) is 0 Å². The summed E-state index contributed by atoms with van der Waals surface area (Å²) in [6.07, 6.45) is 0.787. The first-order valence-electron chi connectivity index (χ1n) is 8.44. The SMILES string of the molecule is CC(C)C[C@H](CO)Nc1cc(CN)nc(SCc2cccc(F)c2F)n1. The second-order valence-corrected chi connectivity index (χ2v) is 7.33. The minimum atomic E-state index is -0.874. The molecular weight excluding hydrogens is 358 g/mol. The van der Waals surface area contributed by atoms with Crippen molar-refractivity contribution in [3.05, 3.63) is 47.2 Å². The van der Waals surface area contributed by atoms with Gasteiger partial charge in [0.05, 0.1) is 18.3 Å². The Hall–Kier alpha value is -1.77. The van der Waals surface area contributed by atoms with Gasteiger partial charge in [-0.2, -0.15) is 0 Å². The number of nitrogens with two attached hydrogens (primary N) is 1. The van der Waals surface area contributed by atoms with Gasteiger partial charge in [0.1, 0.15) is 5.82 Å². The van der Waals surface area contributed by atoms with Crippen LogP contribution in [0, 0.1) is 17.6 Å². The van der Waals surface area contributed by atoms with Gasteiger partial charge in [-0.05, 0) is 18.4 Å². The van der Waals surface area contributed by atoms with Gasteiger partial charge in [0.25, 0.3) is 0 Å². The second-order valence-electron chi connectivity index (χ2n) is 6.39. The largest absolute Gasteiger partial charge is 0.394 e. The van der Waals surface area contributed by atoms with E-state index in [4.69, 9.17) is 5.73 Å². The summed E-state index contributed by atoms with van der Waals surface area (Å²) in [7, 11) is 0. The Balaban J connectivity index is 2.14. The van der Waals surface area contributed by atoms with Crippen LogP contribution in [0.15, 0.2) is 29.4 Å². The summed E-state index contributed by atoms with van der Waals surface area (Å²) < 4.78 is 27.1. The van der Waals surface area contributed by atoms with Crippen molar-refractivity contribution in [3.8, 4) is 0 Å². The molecule has 0 unspecified atom stereocenters. The highest BCUT2D eigenvalue weighted by Gasteiger charge is 2.13. The van der Waals surface area contributed by atoms with Gasteiger partial charge in [-0.25, -0.2) is 18.7 Å². The smallest absolute Gasteiger partial charge is 0.190 e. The van der Waals surface area contributed by atoms with Crippen LogP contribution in [0.1, 0.15) is 31.5 Å². The van der Waals surface area contributed by atoms with Crippen molar-refractivity contribution in [2.75, 3.05) is 11.9 Å². The number of halogens is 2. The van der Waals surface area contributed by atoms with E-state index in [1.54, 1.807) is 6.07 Å². The van der Waals surface area contributed by atoms with Crippen LogP contribution in [0.25, 0.3) is 0 Å². The predicted molar refractivity (Wildman–Crippen MR) is 99.8 cm³/mol. The summed E-state index contributed by atoms with van der Waals surface area (Å²) in [5, 5.41) is 13.1. The van der Waals surface area contributed by atoms with Gasteiger partial charge in [-0.15, -0.1) is 0 Å². The van der Waals surface area contributed by atoms with Crippen molar-refractivity contribution in [2.24, 2.45) is 11.7 Å². The van der Waals surface area contributed by atoms with Crippen molar-refractivity contribution in [3.63, 3.8) is 0 Å². The molecule has 1 atom stereocenters. The Morgan fingerprint density at radius 2 is 2.04 bits per heavy atom. The van der Waals surface area contributed by atoms with Crippen LogP contribution < -0.4 is 11.1 Å². The maximum absolute atomic E-state index is 13.8. The number of aromatic nitrogens is 2. The molecule has 0 amide bonds. The van der Waals surface area contributed by atoms with E-state index >= 15 is 0 Å². The van der Waals surface area contributed by atoms with Crippen LogP contribution >= 0.6 is 11.8 Å². The summed E-state index contributed by atoms with van der Waals surface area (Å²) in [4.78, 5) is 8.72. The molecule has 8 heteroatoms. The first-order valence-corrected chi connectivity index (χ1v) is 9.42.